The Morgan fingerprint density at radius 1 is 1.26 bits per heavy atom. The first kappa shape index (κ1) is 14.0. The predicted octanol–water partition coefficient (Wildman–Crippen LogP) is 2.40. The van der Waals surface area contributed by atoms with Crippen LogP contribution in [0, 0.1) is 5.82 Å². The van der Waals surface area contributed by atoms with Crippen molar-refractivity contribution in [2.45, 2.75) is 38.1 Å². The fourth-order valence-electron chi connectivity index (χ4n) is 2.54. The summed E-state index contributed by atoms with van der Waals surface area (Å²) in [7, 11) is 0. The van der Waals surface area contributed by atoms with Crippen LogP contribution in [-0.2, 0) is 14.9 Å². The monoisotopic (exact) mass is 265 g/mol. The van der Waals surface area contributed by atoms with Crippen molar-refractivity contribution >= 4 is 5.91 Å². The van der Waals surface area contributed by atoms with Gasteiger partial charge in [-0.05, 0) is 44.4 Å². The highest BCUT2D eigenvalue weighted by atomic mass is 19.1. The quantitative estimate of drug-likeness (QED) is 0.911. The molecule has 1 amide bonds. The molecule has 0 unspecified atom stereocenters. The second kappa shape index (κ2) is 5.70. The van der Waals surface area contributed by atoms with Crippen molar-refractivity contribution in [2.75, 3.05) is 13.2 Å². The molecule has 1 aromatic carbocycles. The van der Waals surface area contributed by atoms with Gasteiger partial charge < -0.3 is 10.1 Å². The van der Waals surface area contributed by atoms with E-state index in [1.807, 2.05) is 13.8 Å². The Balaban J connectivity index is 2.33. The molecule has 0 spiro atoms. The molecule has 104 valence electrons. The molecular weight excluding hydrogens is 245 g/mol. The number of rotatable bonds is 3. The number of hydrogen-bond acceptors (Lipinski definition) is 2. The SMILES string of the molecule is CC(C)NC(=O)C1(c2ccc(F)cc2)CCOCC1. The van der Waals surface area contributed by atoms with Crippen LogP contribution in [0.15, 0.2) is 24.3 Å². The van der Waals surface area contributed by atoms with Crippen LogP contribution in [0.1, 0.15) is 32.3 Å². The highest BCUT2D eigenvalue weighted by molar-refractivity contribution is 5.88. The topological polar surface area (TPSA) is 38.3 Å². The molecule has 1 fully saturated rings. The molecule has 0 aliphatic carbocycles. The highest BCUT2D eigenvalue weighted by Gasteiger charge is 2.41. The molecule has 0 atom stereocenters. The van der Waals surface area contributed by atoms with Crippen LogP contribution >= 0.6 is 0 Å². The summed E-state index contributed by atoms with van der Waals surface area (Å²) in [4.78, 5) is 12.6. The smallest absolute Gasteiger partial charge is 0.231 e. The maximum absolute atomic E-state index is 13.1. The lowest BCUT2D eigenvalue weighted by Crippen LogP contribution is -2.49. The van der Waals surface area contributed by atoms with Crippen molar-refractivity contribution in [1.82, 2.24) is 5.32 Å². The van der Waals surface area contributed by atoms with Gasteiger partial charge in [0.2, 0.25) is 5.91 Å². The Labute approximate surface area is 113 Å². The van der Waals surface area contributed by atoms with Crippen LogP contribution in [0.2, 0.25) is 0 Å². The Kier molecular flexibility index (Phi) is 4.20. The van der Waals surface area contributed by atoms with Gasteiger partial charge in [0, 0.05) is 19.3 Å². The van der Waals surface area contributed by atoms with Crippen molar-refractivity contribution in [2.24, 2.45) is 0 Å². The average Bonchev–Trinajstić information content (AvgIpc) is 2.39. The summed E-state index contributed by atoms with van der Waals surface area (Å²) in [6.45, 7) is 5.00. The summed E-state index contributed by atoms with van der Waals surface area (Å²) in [6.07, 6.45) is 1.27. The zero-order chi connectivity index (χ0) is 13.9. The Bertz CT molecular complexity index is 436. The van der Waals surface area contributed by atoms with Gasteiger partial charge in [-0.2, -0.15) is 0 Å². The summed E-state index contributed by atoms with van der Waals surface area (Å²) in [5.41, 5.74) is 0.284. The van der Waals surface area contributed by atoms with Crippen LogP contribution in [0.5, 0.6) is 0 Å². The molecule has 1 aliphatic rings. The molecule has 0 aromatic heterocycles. The van der Waals surface area contributed by atoms with Crippen molar-refractivity contribution in [1.29, 1.82) is 0 Å². The van der Waals surface area contributed by atoms with Crippen molar-refractivity contribution in [3.05, 3.63) is 35.6 Å². The molecule has 1 aromatic rings. The van der Waals surface area contributed by atoms with Gasteiger partial charge in [-0.25, -0.2) is 4.39 Å². The second-order valence-corrected chi connectivity index (χ2v) is 5.33. The highest BCUT2D eigenvalue weighted by Crippen LogP contribution is 2.35. The summed E-state index contributed by atoms with van der Waals surface area (Å²) < 4.78 is 18.4. The number of benzene rings is 1. The lowest BCUT2D eigenvalue weighted by atomic mass is 9.73. The molecule has 0 radical (unpaired) electrons. The first-order chi connectivity index (χ1) is 9.04. The summed E-state index contributed by atoms with van der Waals surface area (Å²) in [5.74, 6) is -0.271. The fourth-order valence-corrected chi connectivity index (χ4v) is 2.54. The molecule has 3 nitrogen and oxygen atoms in total. The number of halogens is 1. The van der Waals surface area contributed by atoms with Crippen LogP contribution in [-0.4, -0.2) is 25.2 Å². The van der Waals surface area contributed by atoms with Gasteiger partial charge in [0.15, 0.2) is 0 Å². The van der Waals surface area contributed by atoms with Gasteiger partial charge in [0.1, 0.15) is 5.82 Å². The van der Waals surface area contributed by atoms with Crippen molar-refractivity contribution < 1.29 is 13.9 Å². The van der Waals surface area contributed by atoms with E-state index in [1.165, 1.54) is 12.1 Å². The predicted molar refractivity (Wildman–Crippen MR) is 71.4 cm³/mol. The van der Waals surface area contributed by atoms with Crippen LogP contribution in [0.25, 0.3) is 0 Å². The van der Waals surface area contributed by atoms with E-state index in [9.17, 15) is 9.18 Å². The maximum Gasteiger partial charge on any atom is 0.231 e. The molecule has 1 N–H and O–H groups in total. The standard InChI is InChI=1S/C15H20FNO2/c1-11(2)17-14(18)15(7-9-19-10-8-15)12-3-5-13(16)6-4-12/h3-6,11H,7-10H2,1-2H3,(H,17,18). The van der Waals surface area contributed by atoms with Gasteiger partial charge in [-0.15, -0.1) is 0 Å². The average molecular weight is 265 g/mol. The lowest BCUT2D eigenvalue weighted by Gasteiger charge is -2.36. The molecular formula is C15H20FNO2. The first-order valence-corrected chi connectivity index (χ1v) is 6.69. The van der Waals surface area contributed by atoms with Crippen LogP contribution < -0.4 is 5.32 Å². The summed E-state index contributed by atoms with van der Waals surface area (Å²) in [5, 5.41) is 2.98. The molecule has 1 aliphatic heterocycles. The Hall–Kier alpha value is -1.42. The normalized spacial score (nSPS) is 18.3. The minimum absolute atomic E-state index is 0.0115. The molecule has 4 heteroatoms. The van der Waals surface area contributed by atoms with Gasteiger partial charge in [0.25, 0.3) is 0 Å². The van der Waals surface area contributed by atoms with E-state index in [0.717, 1.165) is 5.56 Å². The van der Waals surface area contributed by atoms with Gasteiger partial charge in [-0.1, -0.05) is 12.1 Å². The first-order valence-electron chi connectivity index (χ1n) is 6.69. The van der Waals surface area contributed by atoms with E-state index in [-0.39, 0.29) is 17.8 Å². The number of amides is 1. The van der Waals surface area contributed by atoms with Crippen LogP contribution in [0.3, 0.4) is 0 Å². The van der Waals surface area contributed by atoms with E-state index in [4.69, 9.17) is 4.74 Å². The maximum atomic E-state index is 13.1. The minimum atomic E-state index is -0.587. The minimum Gasteiger partial charge on any atom is -0.381 e. The Morgan fingerprint density at radius 2 is 1.84 bits per heavy atom. The fraction of sp³-hybridized carbons (Fsp3) is 0.533. The van der Waals surface area contributed by atoms with Crippen molar-refractivity contribution in [3.8, 4) is 0 Å². The van der Waals surface area contributed by atoms with Gasteiger partial charge in [-0.3, -0.25) is 4.79 Å². The summed E-state index contributed by atoms with van der Waals surface area (Å²) >= 11 is 0. The Morgan fingerprint density at radius 3 is 2.37 bits per heavy atom. The van der Waals surface area contributed by atoms with Crippen molar-refractivity contribution in [3.63, 3.8) is 0 Å². The third kappa shape index (κ3) is 2.95. The molecule has 0 bridgehead atoms. The largest absolute Gasteiger partial charge is 0.381 e. The van der Waals surface area contributed by atoms with E-state index >= 15 is 0 Å². The number of carbonyl (C=O) groups is 1. The number of ether oxygens (including phenoxy) is 1. The van der Waals surface area contributed by atoms with E-state index < -0.39 is 5.41 Å². The molecule has 1 heterocycles. The molecule has 2 rings (SSSR count). The van der Waals surface area contributed by atoms with E-state index in [2.05, 4.69) is 5.32 Å². The molecule has 1 saturated heterocycles. The third-order valence-corrected chi connectivity index (χ3v) is 3.60. The van der Waals surface area contributed by atoms with Crippen LogP contribution in [0.4, 0.5) is 4.39 Å². The molecule has 19 heavy (non-hydrogen) atoms. The number of carbonyl (C=O) groups excluding carboxylic acids is 1. The zero-order valence-electron chi connectivity index (χ0n) is 11.4. The third-order valence-electron chi connectivity index (χ3n) is 3.60. The lowest BCUT2D eigenvalue weighted by molar-refractivity contribution is -0.131. The van der Waals surface area contributed by atoms with E-state index in [0.29, 0.717) is 26.1 Å². The van der Waals surface area contributed by atoms with Gasteiger partial charge >= 0.3 is 0 Å². The van der Waals surface area contributed by atoms with E-state index in [1.54, 1.807) is 12.1 Å². The summed E-state index contributed by atoms with van der Waals surface area (Å²) in [6, 6.07) is 6.33. The number of nitrogens with one attached hydrogen (secondary N) is 1. The zero-order valence-corrected chi connectivity index (χ0v) is 11.4. The molecule has 0 saturated carbocycles. The number of hydrogen-bond donors (Lipinski definition) is 1. The second-order valence-electron chi connectivity index (χ2n) is 5.33. The van der Waals surface area contributed by atoms with Gasteiger partial charge in [0.05, 0.1) is 5.41 Å².